The van der Waals surface area contributed by atoms with Gasteiger partial charge in [-0.2, -0.15) is 4.98 Å². The van der Waals surface area contributed by atoms with Crippen molar-refractivity contribution in [2.75, 3.05) is 5.75 Å². The number of nitrogens with zero attached hydrogens (tertiary/aromatic N) is 2. The van der Waals surface area contributed by atoms with Crippen LogP contribution in [-0.2, 0) is 10.3 Å². The Balaban J connectivity index is 1.56. The molecule has 0 bridgehead atoms. The van der Waals surface area contributed by atoms with E-state index in [-0.39, 0.29) is 5.91 Å². The highest BCUT2D eigenvalue weighted by atomic mass is 32.2. The molecule has 0 aliphatic heterocycles. The summed E-state index contributed by atoms with van der Waals surface area (Å²) >= 11 is 1.72. The van der Waals surface area contributed by atoms with Crippen LogP contribution in [0.4, 0.5) is 0 Å². The van der Waals surface area contributed by atoms with E-state index in [1.165, 1.54) is 16.0 Å². The first-order valence-electron chi connectivity index (χ1n) is 8.80. The Morgan fingerprint density at radius 2 is 2.00 bits per heavy atom. The first-order chi connectivity index (χ1) is 12.0. The lowest BCUT2D eigenvalue weighted by Crippen LogP contribution is -2.44. The summed E-state index contributed by atoms with van der Waals surface area (Å²) in [7, 11) is 0. The molecule has 3 rings (SSSR count). The number of carbonyl (C=O) groups is 1. The van der Waals surface area contributed by atoms with E-state index in [2.05, 4.69) is 47.5 Å². The normalized spacial score (nSPS) is 16.1. The summed E-state index contributed by atoms with van der Waals surface area (Å²) in [5, 5.41) is 7.25. The van der Waals surface area contributed by atoms with Crippen LogP contribution < -0.4 is 5.32 Å². The number of hydrogen-bond donors (Lipinski definition) is 1. The predicted octanol–water partition coefficient (Wildman–Crippen LogP) is 4.06. The van der Waals surface area contributed by atoms with Gasteiger partial charge >= 0.3 is 0 Å². The van der Waals surface area contributed by atoms with Crippen molar-refractivity contribution in [2.24, 2.45) is 0 Å². The molecule has 0 atom stereocenters. The third-order valence-corrected chi connectivity index (χ3v) is 5.86. The second-order valence-corrected chi connectivity index (χ2v) is 7.99. The summed E-state index contributed by atoms with van der Waals surface area (Å²) in [4.78, 5) is 18.1. The zero-order chi connectivity index (χ0) is 17.9. The van der Waals surface area contributed by atoms with E-state index in [1.807, 2.05) is 0 Å². The van der Waals surface area contributed by atoms with E-state index in [9.17, 15) is 4.79 Å². The third-order valence-electron chi connectivity index (χ3n) is 4.87. The maximum atomic E-state index is 12.5. The molecule has 1 heterocycles. The van der Waals surface area contributed by atoms with Gasteiger partial charge in [-0.1, -0.05) is 24.1 Å². The Morgan fingerprint density at radius 3 is 2.64 bits per heavy atom. The molecule has 1 aromatic heterocycles. The highest BCUT2D eigenvalue weighted by Crippen LogP contribution is 2.37. The second kappa shape index (κ2) is 7.60. The van der Waals surface area contributed by atoms with Crippen molar-refractivity contribution in [3.8, 4) is 0 Å². The largest absolute Gasteiger partial charge is 0.343 e. The molecule has 0 unspecified atom stereocenters. The SMILES string of the molecule is Cc1nc(C2(NC(=O)CCSc3ccc(C)c(C)c3)CCCC2)no1. The molecule has 1 aliphatic rings. The van der Waals surface area contributed by atoms with E-state index in [0.717, 1.165) is 31.4 Å². The number of amides is 1. The van der Waals surface area contributed by atoms with E-state index >= 15 is 0 Å². The second-order valence-electron chi connectivity index (χ2n) is 6.82. The van der Waals surface area contributed by atoms with Crippen molar-refractivity contribution < 1.29 is 9.32 Å². The van der Waals surface area contributed by atoms with Crippen LogP contribution in [0.3, 0.4) is 0 Å². The van der Waals surface area contributed by atoms with Gasteiger partial charge in [0.1, 0.15) is 5.54 Å². The molecule has 5 nitrogen and oxygen atoms in total. The third kappa shape index (κ3) is 4.24. The number of benzene rings is 1. The van der Waals surface area contributed by atoms with Crippen LogP contribution in [0.15, 0.2) is 27.6 Å². The molecular formula is C19H25N3O2S. The lowest BCUT2D eigenvalue weighted by atomic mass is 9.96. The van der Waals surface area contributed by atoms with Crippen LogP contribution in [0.1, 0.15) is 54.9 Å². The van der Waals surface area contributed by atoms with Crippen LogP contribution in [-0.4, -0.2) is 21.8 Å². The number of hydrogen-bond acceptors (Lipinski definition) is 5. The molecule has 0 radical (unpaired) electrons. The van der Waals surface area contributed by atoms with Gasteiger partial charge in [-0.3, -0.25) is 4.79 Å². The van der Waals surface area contributed by atoms with Gasteiger partial charge in [0.2, 0.25) is 11.8 Å². The van der Waals surface area contributed by atoms with Gasteiger partial charge in [-0.15, -0.1) is 11.8 Å². The van der Waals surface area contributed by atoms with Gasteiger partial charge in [-0.25, -0.2) is 0 Å². The zero-order valence-electron chi connectivity index (χ0n) is 15.1. The Hall–Kier alpha value is -1.82. The van der Waals surface area contributed by atoms with Crippen molar-refractivity contribution in [1.29, 1.82) is 0 Å². The summed E-state index contributed by atoms with van der Waals surface area (Å²) in [5.41, 5.74) is 2.13. The molecule has 1 N–H and O–H groups in total. The molecule has 134 valence electrons. The molecule has 6 heteroatoms. The lowest BCUT2D eigenvalue weighted by molar-refractivity contribution is -0.122. The van der Waals surface area contributed by atoms with Crippen LogP contribution in [0.5, 0.6) is 0 Å². The highest BCUT2D eigenvalue weighted by Gasteiger charge is 2.41. The highest BCUT2D eigenvalue weighted by molar-refractivity contribution is 7.99. The topological polar surface area (TPSA) is 68.0 Å². The van der Waals surface area contributed by atoms with Crippen LogP contribution in [0, 0.1) is 20.8 Å². The summed E-state index contributed by atoms with van der Waals surface area (Å²) in [6.45, 7) is 6.00. The molecule has 1 saturated carbocycles. The standard InChI is InChI=1S/C19H25N3O2S/c1-13-6-7-16(12-14(13)2)25-11-8-17(23)21-19(9-4-5-10-19)18-20-15(3)24-22-18/h6-7,12H,4-5,8-11H2,1-3H3,(H,21,23). The number of aromatic nitrogens is 2. The maximum Gasteiger partial charge on any atom is 0.223 e. The number of aryl methyl sites for hydroxylation is 3. The van der Waals surface area contributed by atoms with Crippen LogP contribution in [0.25, 0.3) is 0 Å². The van der Waals surface area contributed by atoms with Crippen molar-refractivity contribution >= 4 is 17.7 Å². The average molecular weight is 359 g/mol. The minimum Gasteiger partial charge on any atom is -0.343 e. The zero-order valence-corrected chi connectivity index (χ0v) is 15.9. The quantitative estimate of drug-likeness (QED) is 0.788. The number of nitrogens with one attached hydrogen (secondary N) is 1. The molecule has 1 aromatic carbocycles. The van der Waals surface area contributed by atoms with Gasteiger partial charge in [0.15, 0.2) is 5.82 Å². The minimum atomic E-state index is -0.444. The Labute approximate surface area is 153 Å². The molecule has 0 saturated heterocycles. The lowest BCUT2D eigenvalue weighted by Gasteiger charge is -2.26. The summed E-state index contributed by atoms with van der Waals surface area (Å²) in [6, 6.07) is 6.42. The molecule has 1 fully saturated rings. The van der Waals surface area contributed by atoms with Crippen LogP contribution in [0.2, 0.25) is 0 Å². The van der Waals surface area contributed by atoms with E-state index in [0.29, 0.717) is 18.1 Å². The van der Waals surface area contributed by atoms with E-state index in [1.54, 1.807) is 18.7 Å². The summed E-state index contributed by atoms with van der Waals surface area (Å²) < 4.78 is 5.13. The van der Waals surface area contributed by atoms with Gasteiger partial charge in [0.05, 0.1) is 0 Å². The molecule has 1 amide bonds. The summed E-state index contributed by atoms with van der Waals surface area (Å²) in [6.07, 6.45) is 4.39. The molecule has 1 aliphatic carbocycles. The van der Waals surface area contributed by atoms with Gasteiger partial charge in [0.25, 0.3) is 0 Å². The van der Waals surface area contributed by atoms with Crippen LogP contribution >= 0.6 is 11.8 Å². The van der Waals surface area contributed by atoms with Crippen molar-refractivity contribution in [2.45, 2.75) is 63.3 Å². The number of rotatable bonds is 6. The Morgan fingerprint density at radius 1 is 1.24 bits per heavy atom. The van der Waals surface area contributed by atoms with Crippen molar-refractivity contribution in [1.82, 2.24) is 15.5 Å². The fourth-order valence-electron chi connectivity index (χ4n) is 3.27. The number of thioether (sulfide) groups is 1. The van der Waals surface area contributed by atoms with Gasteiger partial charge in [-0.05, 0) is 49.9 Å². The summed E-state index contributed by atoms with van der Waals surface area (Å²) in [5.74, 6) is 1.98. The smallest absolute Gasteiger partial charge is 0.223 e. The monoisotopic (exact) mass is 359 g/mol. The molecule has 0 spiro atoms. The van der Waals surface area contributed by atoms with Crippen molar-refractivity contribution in [3.63, 3.8) is 0 Å². The first-order valence-corrected chi connectivity index (χ1v) is 9.79. The minimum absolute atomic E-state index is 0.0562. The number of carbonyl (C=O) groups excluding carboxylic acids is 1. The van der Waals surface area contributed by atoms with Gasteiger partial charge < -0.3 is 9.84 Å². The Kier molecular flexibility index (Phi) is 5.47. The fourth-order valence-corrected chi connectivity index (χ4v) is 4.22. The predicted molar refractivity (Wildman–Crippen MR) is 98.6 cm³/mol. The molecule has 25 heavy (non-hydrogen) atoms. The molecular weight excluding hydrogens is 334 g/mol. The van der Waals surface area contributed by atoms with E-state index < -0.39 is 5.54 Å². The van der Waals surface area contributed by atoms with Gasteiger partial charge in [0, 0.05) is 24.0 Å². The maximum absolute atomic E-state index is 12.5. The molecule has 2 aromatic rings. The average Bonchev–Trinajstić information content (AvgIpc) is 3.21. The van der Waals surface area contributed by atoms with Crippen molar-refractivity contribution in [3.05, 3.63) is 41.0 Å². The fraction of sp³-hybridized carbons (Fsp3) is 0.526. The first kappa shape index (κ1) is 18.0. The Bertz CT molecular complexity index is 751. The van der Waals surface area contributed by atoms with E-state index in [4.69, 9.17) is 4.52 Å².